The van der Waals surface area contributed by atoms with Crippen LogP contribution < -0.4 is 0 Å². The summed E-state index contributed by atoms with van der Waals surface area (Å²) in [6.07, 6.45) is 0. The molecule has 4 heteroatoms. The molecule has 2 aromatic rings. The average Bonchev–Trinajstić information content (AvgIpc) is 2.68. The van der Waals surface area contributed by atoms with Crippen LogP contribution in [0.4, 0.5) is 0 Å². The van der Waals surface area contributed by atoms with Crippen LogP contribution in [0.15, 0.2) is 30.3 Å². The van der Waals surface area contributed by atoms with Crippen LogP contribution in [0.5, 0.6) is 0 Å². The predicted octanol–water partition coefficient (Wildman–Crippen LogP) is 2.83. The highest BCUT2D eigenvalue weighted by Crippen LogP contribution is 2.27. The fraction of sp³-hybridized carbons (Fsp3) is 0.308. The second-order valence-corrected chi connectivity index (χ2v) is 4.83. The monoisotopic (exact) mass is 247 g/mol. The van der Waals surface area contributed by atoms with E-state index in [4.69, 9.17) is 11.8 Å². The molecule has 0 saturated heterocycles. The summed E-state index contributed by atoms with van der Waals surface area (Å²) in [5.41, 5.74) is 4.72. The van der Waals surface area contributed by atoms with Gasteiger partial charge in [0.05, 0.1) is 24.5 Å². The van der Waals surface area contributed by atoms with Crippen LogP contribution in [0.3, 0.4) is 0 Å². The van der Waals surface area contributed by atoms with E-state index in [2.05, 4.69) is 28.8 Å². The number of hydrogen-bond acceptors (Lipinski definition) is 2. The molecule has 1 aliphatic rings. The Balaban J connectivity index is 2.08. The van der Waals surface area contributed by atoms with Crippen molar-refractivity contribution in [2.45, 2.75) is 20.0 Å². The van der Waals surface area contributed by atoms with Crippen molar-refractivity contribution in [1.82, 2.24) is 14.2 Å². The summed E-state index contributed by atoms with van der Waals surface area (Å²) < 4.78 is 3.90. The molecule has 17 heavy (non-hydrogen) atoms. The first-order valence-corrected chi connectivity index (χ1v) is 6.12. The van der Waals surface area contributed by atoms with Gasteiger partial charge < -0.3 is 0 Å². The van der Waals surface area contributed by atoms with E-state index in [0.29, 0.717) is 0 Å². The second kappa shape index (κ2) is 4.17. The molecule has 0 amide bonds. The topological polar surface area (TPSA) is 21.1 Å². The van der Waals surface area contributed by atoms with Gasteiger partial charge in [0.15, 0.2) is 0 Å². The Morgan fingerprint density at radius 1 is 1.18 bits per heavy atom. The first-order valence-electron chi connectivity index (χ1n) is 5.78. The average molecular weight is 248 g/mol. The van der Waals surface area contributed by atoms with Crippen LogP contribution in [0.1, 0.15) is 11.3 Å². The molecule has 88 valence electrons. The van der Waals surface area contributed by atoms with Gasteiger partial charge in [-0.1, -0.05) is 30.3 Å². The summed E-state index contributed by atoms with van der Waals surface area (Å²) in [5.74, 6) is 0. The van der Waals surface area contributed by atoms with Gasteiger partial charge in [-0.15, -0.1) is 0 Å². The normalized spacial score (nSPS) is 15.9. The minimum atomic E-state index is 0.771. The predicted molar refractivity (Wildman–Crippen MR) is 68.7 cm³/mol. The SMILES string of the molecule is Cc1c(-c2ccccc2)nn2c1CN(Cl)CC2. The summed E-state index contributed by atoms with van der Waals surface area (Å²) in [6.45, 7) is 4.61. The molecule has 3 rings (SSSR count). The Morgan fingerprint density at radius 3 is 2.71 bits per heavy atom. The Bertz CT molecular complexity index is 533. The first kappa shape index (κ1) is 10.8. The van der Waals surface area contributed by atoms with Gasteiger partial charge in [0, 0.05) is 12.1 Å². The molecule has 0 spiro atoms. The Morgan fingerprint density at radius 2 is 1.94 bits per heavy atom. The summed E-state index contributed by atoms with van der Waals surface area (Å²) in [7, 11) is 0. The summed E-state index contributed by atoms with van der Waals surface area (Å²) in [4.78, 5) is 0. The largest absolute Gasteiger partial charge is 0.266 e. The zero-order chi connectivity index (χ0) is 11.8. The third kappa shape index (κ3) is 1.85. The zero-order valence-electron chi connectivity index (χ0n) is 9.73. The Labute approximate surface area is 106 Å². The lowest BCUT2D eigenvalue weighted by Gasteiger charge is -2.21. The van der Waals surface area contributed by atoms with Gasteiger partial charge in [0.1, 0.15) is 0 Å². The lowest BCUT2D eigenvalue weighted by atomic mass is 10.1. The van der Waals surface area contributed by atoms with Gasteiger partial charge >= 0.3 is 0 Å². The highest BCUT2D eigenvalue weighted by atomic mass is 35.5. The molecular formula is C13H14ClN3. The van der Waals surface area contributed by atoms with E-state index in [0.717, 1.165) is 25.3 Å². The van der Waals surface area contributed by atoms with Crippen molar-refractivity contribution in [2.75, 3.05) is 6.54 Å². The van der Waals surface area contributed by atoms with Crippen molar-refractivity contribution in [1.29, 1.82) is 0 Å². The number of halogens is 1. The molecular weight excluding hydrogens is 234 g/mol. The zero-order valence-corrected chi connectivity index (χ0v) is 10.5. The summed E-state index contributed by atoms with van der Waals surface area (Å²) >= 11 is 6.06. The molecule has 0 N–H and O–H groups in total. The Hall–Kier alpha value is -1.32. The van der Waals surface area contributed by atoms with E-state index >= 15 is 0 Å². The Kier molecular flexibility index (Phi) is 2.65. The van der Waals surface area contributed by atoms with Crippen molar-refractivity contribution < 1.29 is 0 Å². The first-order chi connectivity index (χ1) is 8.25. The van der Waals surface area contributed by atoms with Crippen LogP contribution in [-0.4, -0.2) is 20.7 Å². The van der Waals surface area contributed by atoms with Crippen LogP contribution in [0.25, 0.3) is 11.3 Å². The van der Waals surface area contributed by atoms with E-state index < -0.39 is 0 Å². The van der Waals surface area contributed by atoms with Gasteiger partial charge in [0.25, 0.3) is 0 Å². The third-order valence-electron chi connectivity index (χ3n) is 3.24. The van der Waals surface area contributed by atoms with E-state index in [-0.39, 0.29) is 0 Å². The van der Waals surface area contributed by atoms with Crippen molar-refractivity contribution in [2.24, 2.45) is 0 Å². The number of fused-ring (bicyclic) bond motifs is 1. The van der Waals surface area contributed by atoms with Gasteiger partial charge in [-0.2, -0.15) is 5.10 Å². The highest BCUT2D eigenvalue weighted by Gasteiger charge is 2.21. The van der Waals surface area contributed by atoms with Gasteiger partial charge in [-0.3, -0.25) is 4.68 Å². The number of benzene rings is 1. The lowest BCUT2D eigenvalue weighted by molar-refractivity contribution is 0.344. The molecule has 3 nitrogen and oxygen atoms in total. The van der Waals surface area contributed by atoms with E-state index in [1.807, 2.05) is 22.6 Å². The number of nitrogens with zero attached hydrogens (tertiary/aromatic N) is 3. The smallest absolute Gasteiger partial charge is 0.0955 e. The van der Waals surface area contributed by atoms with E-state index in [1.165, 1.54) is 16.8 Å². The number of hydrogen-bond donors (Lipinski definition) is 0. The van der Waals surface area contributed by atoms with Gasteiger partial charge in [-0.25, -0.2) is 4.42 Å². The maximum atomic E-state index is 6.06. The number of rotatable bonds is 1. The second-order valence-electron chi connectivity index (χ2n) is 4.35. The molecule has 0 unspecified atom stereocenters. The molecule has 1 aromatic heterocycles. The molecule has 0 saturated carbocycles. The maximum absolute atomic E-state index is 6.06. The van der Waals surface area contributed by atoms with Crippen molar-refractivity contribution >= 4 is 11.8 Å². The van der Waals surface area contributed by atoms with Crippen LogP contribution in [0.2, 0.25) is 0 Å². The summed E-state index contributed by atoms with van der Waals surface area (Å²) in [6, 6.07) is 10.3. The van der Waals surface area contributed by atoms with Gasteiger partial charge in [-0.05, 0) is 24.3 Å². The molecule has 1 aliphatic heterocycles. The van der Waals surface area contributed by atoms with E-state index in [9.17, 15) is 0 Å². The van der Waals surface area contributed by atoms with Crippen LogP contribution >= 0.6 is 11.8 Å². The minimum Gasteiger partial charge on any atom is -0.266 e. The fourth-order valence-corrected chi connectivity index (χ4v) is 2.48. The van der Waals surface area contributed by atoms with Crippen LogP contribution in [-0.2, 0) is 13.1 Å². The van der Waals surface area contributed by atoms with Gasteiger partial charge in [0.2, 0.25) is 0 Å². The lowest BCUT2D eigenvalue weighted by Crippen LogP contribution is -2.27. The highest BCUT2D eigenvalue weighted by molar-refractivity contribution is 6.13. The van der Waals surface area contributed by atoms with E-state index in [1.54, 1.807) is 0 Å². The van der Waals surface area contributed by atoms with Crippen molar-refractivity contribution in [3.63, 3.8) is 0 Å². The maximum Gasteiger partial charge on any atom is 0.0955 e. The minimum absolute atomic E-state index is 0.771. The molecule has 0 aliphatic carbocycles. The molecule has 1 aromatic carbocycles. The van der Waals surface area contributed by atoms with Crippen LogP contribution in [0, 0.1) is 6.92 Å². The summed E-state index contributed by atoms with van der Waals surface area (Å²) in [5, 5.41) is 4.69. The molecule has 2 heterocycles. The fourth-order valence-electron chi connectivity index (χ4n) is 2.29. The molecule has 0 radical (unpaired) electrons. The third-order valence-corrected chi connectivity index (χ3v) is 3.53. The standard InChI is InChI=1S/C13H14ClN3/c1-10-12-9-16(14)7-8-17(12)15-13(10)11-5-3-2-4-6-11/h2-6H,7-9H2,1H3. The quantitative estimate of drug-likeness (QED) is 0.723. The molecule has 0 atom stereocenters. The van der Waals surface area contributed by atoms with Crippen molar-refractivity contribution in [3.8, 4) is 11.3 Å². The molecule has 0 fully saturated rings. The number of aromatic nitrogens is 2. The molecule has 0 bridgehead atoms. The van der Waals surface area contributed by atoms with Crippen molar-refractivity contribution in [3.05, 3.63) is 41.6 Å².